The van der Waals surface area contributed by atoms with Gasteiger partial charge in [-0.25, -0.2) is 27.4 Å². The van der Waals surface area contributed by atoms with Crippen molar-refractivity contribution in [2.75, 3.05) is 5.43 Å². The van der Waals surface area contributed by atoms with Crippen molar-refractivity contribution in [3.05, 3.63) is 100 Å². The second-order valence-corrected chi connectivity index (χ2v) is 7.66. The van der Waals surface area contributed by atoms with Crippen molar-refractivity contribution in [2.24, 2.45) is 5.10 Å². The summed E-state index contributed by atoms with van der Waals surface area (Å²) >= 11 is 0. The third kappa shape index (κ3) is 4.80. The summed E-state index contributed by atoms with van der Waals surface area (Å²) in [4.78, 5) is 22.3. The molecule has 3 N–H and O–H groups in total. The Morgan fingerprint density at radius 1 is 0.944 bits per heavy atom. The molecule has 4 aromatic rings. The van der Waals surface area contributed by atoms with E-state index in [-0.39, 0.29) is 16.7 Å². The van der Waals surface area contributed by atoms with Gasteiger partial charge in [0.1, 0.15) is 11.4 Å². The van der Waals surface area contributed by atoms with E-state index in [1.54, 1.807) is 0 Å². The van der Waals surface area contributed by atoms with Gasteiger partial charge >= 0.3 is 11.9 Å². The van der Waals surface area contributed by atoms with Crippen molar-refractivity contribution in [3.8, 4) is 16.9 Å². The van der Waals surface area contributed by atoms with E-state index < -0.39 is 35.1 Å². The van der Waals surface area contributed by atoms with Crippen molar-refractivity contribution in [3.63, 3.8) is 0 Å². The van der Waals surface area contributed by atoms with Crippen molar-refractivity contribution < 1.29 is 33.0 Å². The molecule has 0 aliphatic heterocycles. The molecule has 8 nitrogen and oxygen atoms in total. The maximum atomic E-state index is 14.3. The van der Waals surface area contributed by atoms with Crippen LogP contribution in [0.25, 0.3) is 16.9 Å². The highest BCUT2D eigenvalue weighted by Crippen LogP contribution is 2.26. The van der Waals surface area contributed by atoms with Crippen LogP contribution in [0, 0.1) is 24.4 Å². The Labute approximate surface area is 201 Å². The minimum atomic E-state index is -1.42. The largest absolute Gasteiger partial charge is 0.478 e. The van der Waals surface area contributed by atoms with E-state index in [2.05, 4.69) is 15.6 Å². The number of nitrogens with zero attached hydrogens (tertiary/aromatic N) is 3. The quantitative estimate of drug-likeness (QED) is 0.187. The fourth-order valence-corrected chi connectivity index (χ4v) is 3.36. The van der Waals surface area contributed by atoms with Crippen LogP contribution in [0.15, 0.2) is 65.9 Å². The SMILES string of the molecule is Cc1cc(F)c(F)c(N/N=C/c2cn(-c3ccc(C(=O)O)cc3)nc2-c2ccc(C(=O)O)cc2)c1F. The Bertz CT molecular complexity index is 1470. The number of hydrazone groups is 1. The van der Waals surface area contributed by atoms with Gasteiger partial charge in [-0.3, -0.25) is 5.43 Å². The molecule has 0 aliphatic rings. The topological polar surface area (TPSA) is 117 Å². The number of carboxylic acids is 2. The minimum Gasteiger partial charge on any atom is -0.478 e. The van der Waals surface area contributed by atoms with Crippen LogP contribution in [0.1, 0.15) is 31.8 Å². The van der Waals surface area contributed by atoms with E-state index in [0.29, 0.717) is 22.5 Å². The average molecular weight is 494 g/mol. The zero-order valence-corrected chi connectivity index (χ0v) is 18.5. The van der Waals surface area contributed by atoms with Crippen LogP contribution in [0.4, 0.5) is 18.9 Å². The molecule has 182 valence electrons. The molecule has 4 rings (SSSR count). The molecule has 0 saturated heterocycles. The lowest BCUT2D eigenvalue weighted by Crippen LogP contribution is -2.02. The number of aryl methyl sites for hydroxylation is 1. The first-order valence-corrected chi connectivity index (χ1v) is 10.4. The second kappa shape index (κ2) is 9.74. The average Bonchev–Trinajstić information content (AvgIpc) is 3.29. The molecule has 0 atom stereocenters. The number of anilines is 1. The highest BCUT2D eigenvalue weighted by molar-refractivity contribution is 5.91. The van der Waals surface area contributed by atoms with Gasteiger partial charge in [0.25, 0.3) is 0 Å². The molecule has 0 saturated carbocycles. The Hall–Kier alpha value is -4.93. The molecule has 3 aromatic carbocycles. The number of carbonyl (C=O) groups is 2. The third-order valence-electron chi connectivity index (χ3n) is 5.24. The number of aromatic carboxylic acids is 2. The number of benzene rings is 3. The highest BCUT2D eigenvalue weighted by Gasteiger charge is 2.17. The number of hydrogen-bond donors (Lipinski definition) is 3. The van der Waals surface area contributed by atoms with Gasteiger partial charge in [0.15, 0.2) is 17.5 Å². The molecule has 0 unspecified atom stereocenters. The van der Waals surface area contributed by atoms with E-state index in [0.717, 1.165) is 6.07 Å². The summed E-state index contributed by atoms with van der Waals surface area (Å²) < 4.78 is 43.5. The van der Waals surface area contributed by atoms with Gasteiger partial charge in [-0.2, -0.15) is 10.2 Å². The predicted molar refractivity (Wildman–Crippen MR) is 125 cm³/mol. The number of carboxylic acid groups (broad SMARTS) is 2. The van der Waals surface area contributed by atoms with E-state index in [1.165, 1.54) is 72.5 Å². The lowest BCUT2D eigenvalue weighted by molar-refractivity contribution is 0.0686. The predicted octanol–water partition coefficient (Wildman–Crippen LogP) is 5.11. The summed E-state index contributed by atoms with van der Waals surface area (Å²) in [5, 5.41) is 26.6. The van der Waals surface area contributed by atoms with Crippen molar-refractivity contribution in [1.82, 2.24) is 9.78 Å². The number of halogens is 3. The van der Waals surface area contributed by atoms with Crippen molar-refractivity contribution in [1.29, 1.82) is 0 Å². The molecule has 0 radical (unpaired) electrons. The summed E-state index contributed by atoms with van der Waals surface area (Å²) in [6.07, 6.45) is 2.75. The first kappa shape index (κ1) is 24.2. The number of rotatable bonds is 7. The molecule has 0 bridgehead atoms. The van der Waals surface area contributed by atoms with Gasteiger partial charge in [-0.1, -0.05) is 12.1 Å². The van der Waals surface area contributed by atoms with Gasteiger partial charge in [0.05, 0.1) is 23.0 Å². The van der Waals surface area contributed by atoms with E-state index >= 15 is 0 Å². The molecule has 0 spiro atoms. The highest BCUT2D eigenvalue weighted by atomic mass is 19.2. The summed E-state index contributed by atoms with van der Waals surface area (Å²) in [5.41, 5.74) is 3.19. The van der Waals surface area contributed by atoms with E-state index in [1.807, 2.05) is 0 Å². The smallest absolute Gasteiger partial charge is 0.335 e. The van der Waals surface area contributed by atoms with Gasteiger partial charge in [0, 0.05) is 17.3 Å². The van der Waals surface area contributed by atoms with Crippen molar-refractivity contribution >= 4 is 23.8 Å². The summed E-state index contributed by atoms with van der Waals surface area (Å²) in [7, 11) is 0. The monoisotopic (exact) mass is 494 g/mol. The maximum absolute atomic E-state index is 14.3. The first-order valence-electron chi connectivity index (χ1n) is 10.4. The van der Waals surface area contributed by atoms with Crippen LogP contribution in [0.5, 0.6) is 0 Å². The standard InChI is InChI=1S/C25H17F3N4O4/c1-13-10-19(26)21(28)23(20(13)27)30-29-11-17-12-32(18-8-6-16(7-9-18)25(35)36)31-22(17)14-2-4-15(5-3-14)24(33)34/h2-12,30H,1H3,(H,33,34)(H,35,36)/b29-11+. The van der Waals surface area contributed by atoms with Crippen LogP contribution < -0.4 is 5.43 Å². The Kier molecular flexibility index (Phi) is 6.55. The summed E-state index contributed by atoms with van der Waals surface area (Å²) in [5.74, 6) is -5.85. The van der Waals surface area contributed by atoms with Gasteiger partial charge in [-0.15, -0.1) is 0 Å². The molecule has 1 aromatic heterocycles. The van der Waals surface area contributed by atoms with Crippen LogP contribution >= 0.6 is 0 Å². The molecular formula is C25H17F3N4O4. The third-order valence-corrected chi connectivity index (χ3v) is 5.24. The van der Waals surface area contributed by atoms with E-state index in [4.69, 9.17) is 10.2 Å². The lowest BCUT2D eigenvalue weighted by atomic mass is 10.1. The maximum Gasteiger partial charge on any atom is 0.335 e. The van der Waals surface area contributed by atoms with Crippen LogP contribution in [0.3, 0.4) is 0 Å². The number of hydrogen-bond acceptors (Lipinski definition) is 5. The summed E-state index contributed by atoms with van der Waals surface area (Å²) in [6.45, 7) is 1.28. The molecule has 11 heteroatoms. The van der Waals surface area contributed by atoms with Crippen LogP contribution in [-0.2, 0) is 0 Å². The molecule has 1 heterocycles. The Morgan fingerprint density at radius 3 is 2.11 bits per heavy atom. The minimum absolute atomic E-state index is 0.0618. The zero-order chi connectivity index (χ0) is 26.0. The van der Waals surface area contributed by atoms with Gasteiger partial charge in [0.2, 0.25) is 0 Å². The second-order valence-electron chi connectivity index (χ2n) is 7.66. The van der Waals surface area contributed by atoms with Crippen LogP contribution in [0.2, 0.25) is 0 Å². The molecular weight excluding hydrogens is 477 g/mol. The Morgan fingerprint density at radius 2 is 1.53 bits per heavy atom. The summed E-state index contributed by atoms with van der Waals surface area (Å²) in [6, 6.07) is 12.4. The van der Waals surface area contributed by atoms with Crippen LogP contribution in [-0.4, -0.2) is 38.1 Å². The van der Waals surface area contributed by atoms with E-state index in [9.17, 15) is 22.8 Å². The molecule has 0 fully saturated rings. The van der Waals surface area contributed by atoms with Gasteiger partial charge in [-0.05, 0) is 55.0 Å². The number of nitrogens with one attached hydrogen (secondary N) is 1. The normalized spacial score (nSPS) is 11.1. The lowest BCUT2D eigenvalue weighted by Gasteiger charge is -2.07. The fraction of sp³-hybridized carbons (Fsp3) is 0.0400. The first-order chi connectivity index (χ1) is 17.2. The Balaban J connectivity index is 1.73. The fourth-order valence-electron chi connectivity index (χ4n) is 3.36. The van der Waals surface area contributed by atoms with Gasteiger partial charge < -0.3 is 10.2 Å². The zero-order valence-electron chi connectivity index (χ0n) is 18.5. The number of aromatic nitrogens is 2. The molecule has 36 heavy (non-hydrogen) atoms. The van der Waals surface area contributed by atoms with Crippen molar-refractivity contribution in [2.45, 2.75) is 6.92 Å². The molecule has 0 aliphatic carbocycles. The molecule has 0 amide bonds.